The number of nitrogens with zero attached hydrogens (tertiary/aromatic N) is 1. The predicted octanol–water partition coefficient (Wildman–Crippen LogP) is 1.80. The van der Waals surface area contributed by atoms with E-state index in [1.165, 1.54) is 0 Å². The molecule has 18 heavy (non-hydrogen) atoms. The molecule has 1 amide bonds. The number of carbonyl (C=O) groups is 1. The van der Waals surface area contributed by atoms with E-state index in [2.05, 4.69) is 0 Å². The molecule has 4 nitrogen and oxygen atoms in total. The third-order valence-electron chi connectivity index (χ3n) is 3.11. The van der Waals surface area contributed by atoms with Gasteiger partial charge in [-0.3, -0.25) is 4.79 Å². The second kappa shape index (κ2) is 6.61. The van der Waals surface area contributed by atoms with Gasteiger partial charge in [0.2, 0.25) is 0 Å². The SMILES string of the molecule is COCC1CCN(C(=O)c2cccc(N)c2)C1.Cl. The zero-order valence-electron chi connectivity index (χ0n) is 10.5. The molecule has 1 fully saturated rings. The first-order valence-corrected chi connectivity index (χ1v) is 5.84. The van der Waals surface area contributed by atoms with E-state index < -0.39 is 0 Å². The molecule has 1 atom stereocenters. The highest BCUT2D eigenvalue weighted by atomic mass is 35.5. The number of benzene rings is 1. The average molecular weight is 271 g/mol. The fraction of sp³-hybridized carbons (Fsp3) is 0.462. The van der Waals surface area contributed by atoms with Crippen molar-refractivity contribution in [2.24, 2.45) is 5.92 Å². The quantitative estimate of drug-likeness (QED) is 0.852. The van der Waals surface area contributed by atoms with Gasteiger partial charge in [-0.05, 0) is 24.6 Å². The smallest absolute Gasteiger partial charge is 0.253 e. The Balaban J connectivity index is 0.00000162. The molecule has 0 spiro atoms. The molecule has 1 aliphatic heterocycles. The van der Waals surface area contributed by atoms with Crippen molar-refractivity contribution in [3.05, 3.63) is 29.8 Å². The number of amides is 1. The zero-order chi connectivity index (χ0) is 12.3. The second-order valence-corrected chi connectivity index (χ2v) is 4.49. The molecule has 2 rings (SSSR count). The molecule has 1 heterocycles. The highest BCUT2D eigenvalue weighted by molar-refractivity contribution is 5.95. The highest BCUT2D eigenvalue weighted by Gasteiger charge is 2.26. The number of anilines is 1. The maximum atomic E-state index is 12.2. The largest absolute Gasteiger partial charge is 0.399 e. The van der Waals surface area contributed by atoms with Crippen LogP contribution in [-0.2, 0) is 4.74 Å². The van der Waals surface area contributed by atoms with Gasteiger partial charge < -0.3 is 15.4 Å². The van der Waals surface area contributed by atoms with E-state index in [0.717, 1.165) is 26.1 Å². The standard InChI is InChI=1S/C13H18N2O2.ClH/c1-17-9-10-5-6-15(8-10)13(16)11-3-2-4-12(14)7-11;/h2-4,7,10H,5-6,8-9,14H2,1H3;1H. The van der Waals surface area contributed by atoms with Crippen LogP contribution in [0.15, 0.2) is 24.3 Å². The maximum absolute atomic E-state index is 12.2. The minimum Gasteiger partial charge on any atom is -0.399 e. The van der Waals surface area contributed by atoms with Crippen LogP contribution in [0, 0.1) is 5.92 Å². The number of hydrogen-bond donors (Lipinski definition) is 1. The molecule has 1 aliphatic rings. The maximum Gasteiger partial charge on any atom is 0.253 e. The first-order chi connectivity index (χ1) is 8.20. The number of nitrogens with two attached hydrogens (primary N) is 1. The van der Waals surface area contributed by atoms with Gasteiger partial charge in [-0.25, -0.2) is 0 Å². The third-order valence-corrected chi connectivity index (χ3v) is 3.11. The van der Waals surface area contributed by atoms with Gasteiger partial charge in [0.05, 0.1) is 6.61 Å². The monoisotopic (exact) mass is 270 g/mol. The Morgan fingerprint density at radius 2 is 2.33 bits per heavy atom. The van der Waals surface area contributed by atoms with Crippen molar-refractivity contribution in [3.63, 3.8) is 0 Å². The number of nitrogen functional groups attached to an aromatic ring is 1. The summed E-state index contributed by atoms with van der Waals surface area (Å²) in [4.78, 5) is 14.1. The number of halogens is 1. The van der Waals surface area contributed by atoms with Crippen LogP contribution in [-0.4, -0.2) is 37.6 Å². The minimum atomic E-state index is 0. The van der Waals surface area contributed by atoms with Crippen LogP contribution in [0.25, 0.3) is 0 Å². The van der Waals surface area contributed by atoms with Gasteiger partial charge in [0.25, 0.3) is 5.91 Å². The Morgan fingerprint density at radius 1 is 1.56 bits per heavy atom. The van der Waals surface area contributed by atoms with Gasteiger partial charge in [0, 0.05) is 37.4 Å². The molecule has 0 saturated carbocycles. The van der Waals surface area contributed by atoms with E-state index in [0.29, 0.717) is 17.2 Å². The Bertz CT molecular complexity index is 412. The zero-order valence-corrected chi connectivity index (χ0v) is 11.3. The lowest BCUT2D eigenvalue weighted by atomic mass is 10.1. The van der Waals surface area contributed by atoms with Crippen LogP contribution in [0.4, 0.5) is 5.69 Å². The Kier molecular flexibility index (Phi) is 5.44. The number of hydrogen-bond acceptors (Lipinski definition) is 3. The molecule has 2 N–H and O–H groups in total. The van der Waals surface area contributed by atoms with Crippen LogP contribution in [0.1, 0.15) is 16.8 Å². The molecule has 0 aliphatic carbocycles. The molecule has 1 saturated heterocycles. The average Bonchev–Trinajstić information content (AvgIpc) is 2.77. The van der Waals surface area contributed by atoms with Gasteiger partial charge in [0.15, 0.2) is 0 Å². The lowest BCUT2D eigenvalue weighted by Crippen LogP contribution is -2.29. The van der Waals surface area contributed by atoms with Crippen molar-refractivity contribution in [3.8, 4) is 0 Å². The van der Waals surface area contributed by atoms with Gasteiger partial charge in [-0.2, -0.15) is 0 Å². The number of rotatable bonds is 3. The van der Waals surface area contributed by atoms with Crippen molar-refractivity contribution >= 4 is 24.0 Å². The van der Waals surface area contributed by atoms with Crippen LogP contribution in [0.2, 0.25) is 0 Å². The van der Waals surface area contributed by atoms with Crippen molar-refractivity contribution in [2.75, 3.05) is 32.5 Å². The van der Waals surface area contributed by atoms with Crippen LogP contribution in [0.5, 0.6) is 0 Å². The van der Waals surface area contributed by atoms with Crippen LogP contribution >= 0.6 is 12.4 Å². The van der Waals surface area contributed by atoms with Crippen molar-refractivity contribution in [1.29, 1.82) is 0 Å². The summed E-state index contributed by atoms with van der Waals surface area (Å²) in [6.07, 6.45) is 1.02. The van der Waals surface area contributed by atoms with E-state index in [9.17, 15) is 4.79 Å². The van der Waals surface area contributed by atoms with E-state index in [1.54, 1.807) is 19.2 Å². The minimum absolute atomic E-state index is 0. The Hall–Kier alpha value is -1.26. The van der Waals surface area contributed by atoms with E-state index in [-0.39, 0.29) is 18.3 Å². The second-order valence-electron chi connectivity index (χ2n) is 4.49. The fourth-order valence-corrected chi connectivity index (χ4v) is 2.24. The summed E-state index contributed by atoms with van der Waals surface area (Å²) in [5, 5.41) is 0. The Morgan fingerprint density at radius 3 is 3.00 bits per heavy atom. The summed E-state index contributed by atoms with van der Waals surface area (Å²) in [6.45, 7) is 2.31. The summed E-state index contributed by atoms with van der Waals surface area (Å²) >= 11 is 0. The topological polar surface area (TPSA) is 55.6 Å². The van der Waals surface area contributed by atoms with E-state index >= 15 is 0 Å². The lowest BCUT2D eigenvalue weighted by Gasteiger charge is -2.16. The van der Waals surface area contributed by atoms with Crippen molar-refractivity contribution < 1.29 is 9.53 Å². The molecule has 1 aromatic rings. The summed E-state index contributed by atoms with van der Waals surface area (Å²) in [5.74, 6) is 0.529. The number of likely N-dealkylation sites (tertiary alicyclic amines) is 1. The molecule has 0 bridgehead atoms. The van der Waals surface area contributed by atoms with Gasteiger partial charge in [-0.15, -0.1) is 12.4 Å². The molecule has 100 valence electrons. The van der Waals surface area contributed by atoms with E-state index in [4.69, 9.17) is 10.5 Å². The van der Waals surface area contributed by atoms with Gasteiger partial charge in [-0.1, -0.05) is 6.07 Å². The van der Waals surface area contributed by atoms with Crippen LogP contribution in [0.3, 0.4) is 0 Å². The number of carbonyl (C=O) groups excluding carboxylic acids is 1. The normalized spacial score (nSPS) is 18.5. The van der Waals surface area contributed by atoms with Crippen molar-refractivity contribution in [1.82, 2.24) is 4.90 Å². The first kappa shape index (κ1) is 14.8. The van der Waals surface area contributed by atoms with Crippen molar-refractivity contribution in [2.45, 2.75) is 6.42 Å². The predicted molar refractivity (Wildman–Crippen MR) is 74.0 cm³/mol. The first-order valence-electron chi connectivity index (χ1n) is 5.84. The fourth-order valence-electron chi connectivity index (χ4n) is 2.24. The molecule has 1 unspecified atom stereocenters. The summed E-state index contributed by atoms with van der Waals surface area (Å²) in [7, 11) is 1.70. The third kappa shape index (κ3) is 3.37. The number of methoxy groups -OCH3 is 1. The van der Waals surface area contributed by atoms with E-state index in [1.807, 2.05) is 17.0 Å². The summed E-state index contributed by atoms with van der Waals surface area (Å²) in [6, 6.07) is 7.13. The molecule has 1 aromatic carbocycles. The molecule has 5 heteroatoms. The summed E-state index contributed by atoms with van der Waals surface area (Å²) < 4.78 is 5.12. The lowest BCUT2D eigenvalue weighted by molar-refractivity contribution is 0.0775. The van der Waals surface area contributed by atoms with Gasteiger partial charge >= 0.3 is 0 Å². The number of ether oxygens (including phenoxy) is 1. The highest BCUT2D eigenvalue weighted by Crippen LogP contribution is 2.19. The Labute approximate surface area is 114 Å². The molecular formula is C13H19ClN2O2. The van der Waals surface area contributed by atoms with Crippen LogP contribution < -0.4 is 5.73 Å². The molecule has 0 radical (unpaired) electrons. The molecular weight excluding hydrogens is 252 g/mol. The molecule has 0 aromatic heterocycles. The van der Waals surface area contributed by atoms with Gasteiger partial charge in [0.1, 0.15) is 0 Å². The summed E-state index contributed by atoms with van der Waals surface area (Å²) in [5.41, 5.74) is 6.98.